The third-order valence-corrected chi connectivity index (χ3v) is 3.63. The predicted molar refractivity (Wildman–Crippen MR) is 97.7 cm³/mol. The van der Waals surface area contributed by atoms with Gasteiger partial charge < -0.3 is 14.8 Å². The number of nitrogens with one attached hydrogen (secondary N) is 1. The molecule has 0 heterocycles. The van der Waals surface area contributed by atoms with E-state index in [9.17, 15) is 19.7 Å². The summed E-state index contributed by atoms with van der Waals surface area (Å²) in [5.74, 6) is -0.103. The number of rotatable bonds is 9. The third kappa shape index (κ3) is 6.77. The van der Waals surface area contributed by atoms with Gasteiger partial charge in [0, 0.05) is 18.7 Å². The van der Waals surface area contributed by atoms with Gasteiger partial charge in [0.2, 0.25) is 0 Å². The Bertz CT molecular complexity index is 787. The molecule has 0 aliphatic rings. The lowest BCUT2D eigenvalue weighted by atomic mass is 10.2. The van der Waals surface area contributed by atoms with E-state index in [1.165, 1.54) is 29.8 Å². The monoisotopic (exact) mass is 372 g/mol. The van der Waals surface area contributed by atoms with Crippen molar-refractivity contribution < 1.29 is 24.0 Å². The number of carbonyl (C=O) groups is 2. The van der Waals surface area contributed by atoms with E-state index in [1.54, 1.807) is 12.1 Å². The molecule has 0 bridgehead atoms. The summed E-state index contributed by atoms with van der Waals surface area (Å²) in [6.07, 6.45) is 0.894. The van der Waals surface area contributed by atoms with Gasteiger partial charge in [0.15, 0.2) is 6.61 Å². The number of nitro groups is 1. The summed E-state index contributed by atoms with van der Waals surface area (Å²) in [5, 5.41) is 13.1. The normalized spacial score (nSPS) is 10.1. The molecule has 1 amide bonds. The van der Waals surface area contributed by atoms with Crippen molar-refractivity contribution in [2.45, 2.75) is 19.8 Å². The topological polar surface area (TPSA) is 108 Å². The van der Waals surface area contributed by atoms with Gasteiger partial charge in [-0.2, -0.15) is 0 Å². The minimum absolute atomic E-state index is 0.0338. The van der Waals surface area contributed by atoms with Crippen LogP contribution < -0.4 is 14.8 Å². The van der Waals surface area contributed by atoms with Crippen molar-refractivity contribution in [3.8, 4) is 11.5 Å². The Hall–Kier alpha value is -3.42. The summed E-state index contributed by atoms with van der Waals surface area (Å²) in [6, 6.07) is 12.6. The fraction of sp³-hybridized carbons (Fsp3) is 0.263. The summed E-state index contributed by atoms with van der Waals surface area (Å²) in [7, 11) is 0. The Morgan fingerprint density at radius 1 is 1.04 bits per heavy atom. The van der Waals surface area contributed by atoms with E-state index < -0.39 is 10.9 Å². The van der Waals surface area contributed by atoms with Gasteiger partial charge in [-0.3, -0.25) is 19.7 Å². The molecule has 2 aromatic carbocycles. The Kier molecular flexibility index (Phi) is 7.30. The first-order chi connectivity index (χ1) is 13.0. The Morgan fingerprint density at radius 3 is 2.26 bits per heavy atom. The van der Waals surface area contributed by atoms with Crippen LogP contribution >= 0.6 is 0 Å². The number of esters is 1. The maximum atomic E-state index is 11.7. The molecule has 8 heteroatoms. The molecule has 1 N–H and O–H groups in total. The molecule has 0 fully saturated rings. The molecule has 0 aromatic heterocycles. The van der Waals surface area contributed by atoms with Gasteiger partial charge in [-0.1, -0.05) is 19.1 Å². The highest BCUT2D eigenvalue weighted by molar-refractivity contribution is 5.78. The van der Waals surface area contributed by atoms with E-state index in [1.807, 2.05) is 12.1 Å². The number of amides is 1. The van der Waals surface area contributed by atoms with Crippen molar-refractivity contribution in [2.75, 3.05) is 13.2 Å². The van der Waals surface area contributed by atoms with Crippen LogP contribution in [0.4, 0.5) is 5.69 Å². The highest BCUT2D eigenvalue weighted by Crippen LogP contribution is 2.17. The SMILES string of the molecule is CCc1ccc(OCC(=O)NCCC(=O)Oc2ccc([N+](=O)[O-])cc2)cc1. The highest BCUT2D eigenvalue weighted by Gasteiger charge is 2.09. The molecule has 0 spiro atoms. The first-order valence-electron chi connectivity index (χ1n) is 8.41. The van der Waals surface area contributed by atoms with Crippen LogP contribution in [0.2, 0.25) is 0 Å². The Labute approximate surface area is 156 Å². The molecule has 8 nitrogen and oxygen atoms in total. The van der Waals surface area contributed by atoms with Crippen LogP contribution in [-0.2, 0) is 16.0 Å². The molecule has 0 saturated heterocycles. The molecule has 2 rings (SSSR count). The number of hydrogen-bond acceptors (Lipinski definition) is 6. The number of carbonyl (C=O) groups excluding carboxylic acids is 2. The quantitative estimate of drug-likeness (QED) is 0.314. The zero-order chi connectivity index (χ0) is 19.6. The molecule has 0 saturated carbocycles. The van der Waals surface area contributed by atoms with Crippen molar-refractivity contribution in [3.05, 3.63) is 64.2 Å². The standard InChI is InChI=1S/C19H20N2O6/c1-2-14-3-7-16(8-4-14)26-13-18(22)20-12-11-19(23)27-17-9-5-15(6-10-17)21(24)25/h3-10H,2,11-13H2,1H3,(H,20,22). The maximum Gasteiger partial charge on any atom is 0.312 e. The molecule has 0 radical (unpaired) electrons. The number of non-ortho nitro benzene ring substituents is 1. The van der Waals surface area contributed by atoms with Gasteiger partial charge in [-0.25, -0.2) is 0 Å². The number of aryl methyl sites for hydroxylation is 1. The fourth-order valence-corrected chi connectivity index (χ4v) is 2.14. The van der Waals surface area contributed by atoms with E-state index in [0.29, 0.717) is 5.75 Å². The van der Waals surface area contributed by atoms with E-state index in [2.05, 4.69) is 12.2 Å². The van der Waals surface area contributed by atoms with Gasteiger partial charge in [-0.15, -0.1) is 0 Å². The predicted octanol–water partition coefficient (Wildman–Crippen LogP) is 2.65. The summed E-state index contributed by atoms with van der Waals surface area (Å²) < 4.78 is 10.4. The zero-order valence-electron chi connectivity index (χ0n) is 14.8. The molecule has 2 aromatic rings. The molecule has 27 heavy (non-hydrogen) atoms. The van der Waals surface area contributed by atoms with Crippen LogP contribution in [0, 0.1) is 10.1 Å². The molecule has 0 aliphatic heterocycles. The summed E-state index contributed by atoms with van der Waals surface area (Å²) in [6.45, 7) is 2.00. The fourth-order valence-electron chi connectivity index (χ4n) is 2.14. The number of nitro benzene ring substituents is 1. The van der Waals surface area contributed by atoms with Crippen molar-refractivity contribution in [1.29, 1.82) is 0 Å². The minimum atomic E-state index is -0.555. The summed E-state index contributed by atoms with van der Waals surface area (Å²) in [4.78, 5) is 33.5. The smallest absolute Gasteiger partial charge is 0.312 e. The minimum Gasteiger partial charge on any atom is -0.484 e. The second-order valence-corrected chi connectivity index (χ2v) is 5.61. The van der Waals surface area contributed by atoms with Crippen molar-refractivity contribution in [1.82, 2.24) is 5.32 Å². The Morgan fingerprint density at radius 2 is 1.67 bits per heavy atom. The zero-order valence-corrected chi connectivity index (χ0v) is 14.8. The first-order valence-corrected chi connectivity index (χ1v) is 8.41. The third-order valence-electron chi connectivity index (χ3n) is 3.63. The number of hydrogen-bond donors (Lipinski definition) is 1. The van der Waals surface area contributed by atoms with Crippen LogP contribution in [0.25, 0.3) is 0 Å². The van der Waals surface area contributed by atoms with Crippen LogP contribution in [0.15, 0.2) is 48.5 Å². The lowest BCUT2D eigenvalue weighted by Gasteiger charge is -2.08. The molecule has 0 aliphatic carbocycles. The number of nitrogens with zero attached hydrogens (tertiary/aromatic N) is 1. The van der Waals surface area contributed by atoms with Gasteiger partial charge in [0.25, 0.3) is 11.6 Å². The molecule has 142 valence electrons. The molecular formula is C19H20N2O6. The number of ether oxygens (including phenoxy) is 2. The Balaban J connectivity index is 1.66. The molecule has 0 atom stereocenters. The average Bonchev–Trinajstić information content (AvgIpc) is 2.67. The average molecular weight is 372 g/mol. The lowest BCUT2D eigenvalue weighted by Crippen LogP contribution is -2.31. The van der Waals surface area contributed by atoms with Crippen molar-refractivity contribution >= 4 is 17.6 Å². The van der Waals surface area contributed by atoms with Gasteiger partial charge in [0.05, 0.1) is 11.3 Å². The largest absolute Gasteiger partial charge is 0.484 e. The van der Waals surface area contributed by atoms with Crippen LogP contribution in [-0.4, -0.2) is 30.0 Å². The van der Waals surface area contributed by atoms with E-state index in [0.717, 1.165) is 6.42 Å². The van der Waals surface area contributed by atoms with E-state index in [-0.39, 0.29) is 36.9 Å². The molecule has 0 unspecified atom stereocenters. The summed E-state index contributed by atoms with van der Waals surface area (Å²) in [5.41, 5.74) is 1.09. The van der Waals surface area contributed by atoms with Gasteiger partial charge >= 0.3 is 5.97 Å². The van der Waals surface area contributed by atoms with Crippen molar-refractivity contribution in [3.63, 3.8) is 0 Å². The second kappa shape index (κ2) is 9.91. The number of benzene rings is 2. The lowest BCUT2D eigenvalue weighted by molar-refractivity contribution is -0.384. The van der Waals surface area contributed by atoms with Crippen LogP contribution in [0.5, 0.6) is 11.5 Å². The van der Waals surface area contributed by atoms with Crippen LogP contribution in [0.1, 0.15) is 18.9 Å². The highest BCUT2D eigenvalue weighted by atomic mass is 16.6. The molecular weight excluding hydrogens is 352 g/mol. The van der Waals surface area contributed by atoms with E-state index >= 15 is 0 Å². The second-order valence-electron chi connectivity index (χ2n) is 5.61. The maximum absolute atomic E-state index is 11.7. The summed E-state index contributed by atoms with van der Waals surface area (Å²) >= 11 is 0. The van der Waals surface area contributed by atoms with Crippen molar-refractivity contribution in [2.24, 2.45) is 0 Å². The van der Waals surface area contributed by atoms with Gasteiger partial charge in [-0.05, 0) is 36.2 Å². The first kappa shape index (κ1) is 19.9. The van der Waals surface area contributed by atoms with Crippen LogP contribution in [0.3, 0.4) is 0 Å². The van der Waals surface area contributed by atoms with E-state index in [4.69, 9.17) is 9.47 Å². The van der Waals surface area contributed by atoms with Gasteiger partial charge in [0.1, 0.15) is 11.5 Å².